The molecule has 0 aromatic heterocycles. The Morgan fingerprint density at radius 1 is 1.38 bits per heavy atom. The highest BCUT2D eigenvalue weighted by Crippen LogP contribution is 2.29. The number of hydrogen-bond donors (Lipinski definition) is 1. The number of halogens is 2. The van der Waals surface area contributed by atoms with Crippen LogP contribution >= 0.6 is 15.9 Å². The van der Waals surface area contributed by atoms with Crippen molar-refractivity contribution < 1.29 is 4.39 Å². The molecule has 0 aliphatic heterocycles. The fourth-order valence-corrected chi connectivity index (χ4v) is 2.94. The van der Waals surface area contributed by atoms with Crippen LogP contribution in [0.2, 0.25) is 0 Å². The molecule has 2 N–H and O–H groups in total. The highest BCUT2D eigenvalue weighted by atomic mass is 79.9. The molecule has 1 aromatic carbocycles. The smallest absolute Gasteiger partial charge is 0.123 e. The summed E-state index contributed by atoms with van der Waals surface area (Å²) >= 11 is 3.47. The minimum Gasteiger partial charge on any atom is -0.328 e. The zero-order chi connectivity index (χ0) is 11.5. The second-order valence-corrected chi connectivity index (χ2v) is 5.59. The molecule has 0 radical (unpaired) electrons. The number of nitrogens with two attached hydrogens (primary N) is 1. The summed E-state index contributed by atoms with van der Waals surface area (Å²) in [5.74, 6) is 0.458. The molecule has 1 aromatic rings. The van der Waals surface area contributed by atoms with Crippen molar-refractivity contribution in [3.63, 3.8) is 0 Å². The third-order valence-corrected chi connectivity index (χ3v) is 4.11. The lowest BCUT2D eigenvalue weighted by atomic mass is 9.82. The van der Waals surface area contributed by atoms with Gasteiger partial charge in [-0.3, -0.25) is 0 Å². The molecule has 0 heterocycles. The topological polar surface area (TPSA) is 26.0 Å². The van der Waals surface area contributed by atoms with Crippen molar-refractivity contribution in [2.45, 2.75) is 38.1 Å². The molecule has 3 heteroatoms. The molecule has 88 valence electrons. The molecule has 2 unspecified atom stereocenters. The first kappa shape index (κ1) is 12.1. The van der Waals surface area contributed by atoms with Crippen LogP contribution < -0.4 is 5.73 Å². The lowest BCUT2D eigenvalue weighted by Gasteiger charge is -2.26. The summed E-state index contributed by atoms with van der Waals surface area (Å²) in [6.07, 6.45) is 5.57. The number of rotatable bonds is 2. The van der Waals surface area contributed by atoms with Gasteiger partial charge in [0.25, 0.3) is 0 Å². The molecule has 2 atom stereocenters. The van der Waals surface area contributed by atoms with Gasteiger partial charge >= 0.3 is 0 Å². The molecule has 0 saturated heterocycles. The molecule has 0 spiro atoms. The zero-order valence-corrected chi connectivity index (χ0v) is 10.8. The molecule has 1 nitrogen and oxygen atoms in total. The third-order valence-electron chi connectivity index (χ3n) is 3.34. The van der Waals surface area contributed by atoms with E-state index >= 15 is 0 Å². The van der Waals surface area contributed by atoms with Crippen molar-refractivity contribution in [1.82, 2.24) is 0 Å². The van der Waals surface area contributed by atoms with Crippen LogP contribution in [0.15, 0.2) is 22.7 Å². The van der Waals surface area contributed by atoms with Crippen LogP contribution in [0.25, 0.3) is 0 Å². The van der Waals surface area contributed by atoms with Crippen molar-refractivity contribution >= 4 is 15.9 Å². The average Bonchev–Trinajstić information content (AvgIpc) is 2.24. The number of hydrogen-bond acceptors (Lipinski definition) is 1. The van der Waals surface area contributed by atoms with Crippen LogP contribution in [-0.4, -0.2) is 6.04 Å². The molecule has 1 saturated carbocycles. The monoisotopic (exact) mass is 285 g/mol. The standard InChI is InChI=1S/C13H17BrFN/c14-13-5-4-11(15)8-10(13)6-9-2-1-3-12(16)7-9/h4-5,8-9,12H,1-3,6-7,16H2. The van der Waals surface area contributed by atoms with Crippen LogP contribution in [0.4, 0.5) is 4.39 Å². The summed E-state index contributed by atoms with van der Waals surface area (Å²) < 4.78 is 14.1. The van der Waals surface area contributed by atoms with E-state index in [1.165, 1.54) is 18.9 Å². The maximum atomic E-state index is 13.1. The van der Waals surface area contributed by atoms with Gasteiger partial charge in [-0.05, 0) is 48.9 Å². The molecule has 1 fully saturated rings. The van der Waals surface area contributed by atoms with Gasteiger partial charge < -0.3 is 5.73 Å². The van der Waals surface area contributed by atoms with Gasteiger partial charge in [0.1, 0.15) is 5.82 Å². The second-order valence-electron chi connectivity index (χ2n) is 4.73. The van der Waals surface area contributed by atoms with Crippen LogP contribution in [-0.2, 0) is 6.42 Å². The summed E-state index contributed by atoms with van der Waals surface area (Å²) in [5, 5.41) is 0. The molecular formula is C13H17BrFN. The SMILES string of the molecule is NC1CCCC(Cc2cc(F)ccc2Br)C1. The molecule has 1 aliphatic rings. The Bertz CT molecular complexity index is 367. The summed E-state index contributed by atoms with van der Waals surface area (Å²) in [6.45, 7) is 0. The molecule has 0 amide bonds. The van der Waals surface area contributed by atoms with E-state index < -0.39 is 0 Å². The lowest BCUT2D eigenvalue weighted by Crippen LogP contribution is -2.28. The summed E-state index contributed by atoms with van der Waals surface area (Å²) in [7, 11) is 0. The van der Waals surface area contributed by atoms with Gasteiger partial charge in [-0.1, -0.05) is 28.8 Å². The molecular weight excluding hydrogens is 269 g/mol. The van der Waals surface area contributed by atoms with Crippen molar-refractivity contribution in [3.8, 4) is 0 Å². The maximum absolute atomic E-state index is 13.1. The first-order valence-electron chi connectivity index (χ1n) is 5.84. The summed E-state index contributed by atoms with van der Waals surface area (Å²) in [5.41, 5.74) is 7.03. The van der Waals surface area contributed by atoms with E-state index in [9.17, 15) is 4.39 Å². The predicted molar refractivity (Wildman–Crippen MR) is 67.7 cm³/mol. The maximum Gasteiger partial charge on any atom is 0.123 e. The molecule has 16 heavy (non-hydrogen) atoms. The Morgan fingerprint density at radius 3 is 2.94 bits per heavy atom. The van der Waals surface area contributed by atoms with E-state index in [1.807, 2.05) is 0 Å². The minimum atomic E-state index is -0.154. The molecule has 1 aliphatic carbocycles. The second kappa shape index (κ2) is 5.28. The Kier molecular flexibility index (Phi) is 3.98. The van der Waals surface area contributed by atoms with E-state index in [1.54, 1.807) is 12.1 Å². The van der Waals surface area contributed by atoms with E-state index in [-0.39, 0.29) is 5.82 Å². The number of benzene rings is 1. The fraction of sp³-hybridized carbons (Fsp3) is 0.538. The van der Waals surface area contributed by atoms with E-state index in [4.69, 9.17) is 5.73 Å². The van der Waals surface area contributed by atoms with Gasteiger partial charge in [-0.15, -0.1) is 0 Å². The van der Waals surface area contributed by atoms with Gasteiger partial charge in [0.05, 0.1) is 0 Å². The molecule has 0 bridgehead atoms. The van der Waals surface area contributed by atoms with Crippen LogP contribution in [0.5, 0.6) is 0 Å². The zero-order valence-electron chi connectivity index (χ0n) is 9.26. The van der Waals surface area contributed by atoms with E-state index in [2.05, 4.69) is 15.9 Å². The van der Waals surface area contributed by atoms with Crippen LogP contribution in [0, 0.1) is 11.7 Å². The first-order valence-corrected chi connectivity index (χ1v) is 6.64. The highest BCUT2D eigenvalue weighted by molar-refractivity contribution is 9.10. The largest absolute Gasteiger partial charge is 0.328 e. The quantitative estimate of drug-likeness (QED) is 0.882. The van der Waals surface area contributed by atoms with E-state index in [0.29, 0.717) is 12.0 Å². The van der Waals surface area contributed by atoms with E-state index in [0.717, 1.165) is 29.3 Å². The molecule has 2 rings (SSSR count). The van der Waals surface area contributed by atoms with Gasteiger partial charge in [-0.2, -0.15) is 0 Å². The summed E-state index contributed by atoms with van der Waals surface area (Å²) in [4.78, 5) is 0. The lowest BCUT2D eigenvalue weighted by molar-refractivity contribution is 0.320. The Balaban J connectivity index is 2.05. The van der Waals surface area contributed by atoms with Gasteiger partial charge in [0, 0.05) is 10.5 Å². The first-order chi connectivity index (χ1) is 7.65. The van der Waals surface area contributed by atoms with Crippen molar-refractivity contribution in [3.05, 3.63) is 34.1 Å². The Morgan fingerprint density at radius 2 is 2.19 bits per heavy atom. The minimum absolute atomic E-state index is 0.154. The Hall–Kier alpha value is -0.410. The normalized spacial score (nSPS) is 25.7. The average molecular weight is 286 g/mol. The Labute approximate surface area is 104 Å². The predicted octanol–water partition coefficient (Wildman–Crippen LogP) is 3.65. The fourth-order valence-electron chi connectivity index (χ4n) is 2.53. The van der Waals surface area contributed by atoms with Gasteiger partial charge in [0.15, 0.2) is 0 Å². The van der Waals surface area contributed by atoms with Crippen molar-refractivity contribution in [2.24, 2.45) is 11.7 Å². The van der Waals surface area contributed by atoms with Crippen LogP contribution in [0.3, 0.4) is 0 Å². The third kappa shape index (κ3) is 3.05. The summed E-state index contributed by atoms with van der Waals surface area (Å²) in [6, 6.07) is 5.24. The van der Waals surface area contributed by atoms with Crippen molar-refractivity contribution in [1.29, 1.82) is 0 Å². The van der Waals surface area contributed by atoms with Gasteiger partial charge in [0.2, 0.25) is 0 Å². The highest BCUT2D eigenvalue weighted by Gasteiger charge is 2.20. The van der Waals surface area contributed by atoms with Gasteiger partial charge in [-0.25, -0.2) is 4.39 Å². The van der Waals surface area contributed by atoms with Crippen LogP contribution in [0.1, 0.15) is 31.2 Å². The van der Waals surface area contributed by atoms with Crippen molar-refractivity contribution in [2.75, 3.05) is 0 Å².